The first-order valence-electron chi connectivity index (χ1n) is 6.94. The van der Waals surface area contributed by atoms with Crippen molar-refractivity contribution in [2.75, 3.05) is 0 Å². The van der Waals surface area contributed by atoms with E-state index in [1.165, 1.54) is 35.1 Å². The number of rotatable bonds is 2. The van der Waals surface area contributed by atoms with Crippen molar-refractivity contribution in [3.05, 3.63) is 34.4 Å². The topological polar surface area (TPSA) is 0 Å². The lowest BCUT2D eigenvalue weighted by molar-refractivity contribution is 0.503. The highest BCUT2D eigenvalue weighted by Gasteiger charge is 2.21. The molecule has 0 fully saturated rings. The highest BCUT2D eigenvalue weighted by molar-refractivity contribution is 6.21. The second kappa shape index (κ2) is 5.44. The van der Waals surface area contributed by atoms with Crippen molar-refractivity contribution in [1.82, 2.24) is 0 Å². The van der Waals surface area contributed by atoms with E-state index < -0.39 is 0 Å². The molecule has 17 heavy (non-hydrogen) atoms. The highest BCUT2D eigenvalue weighted by Crippen LogP contribution is 2.37. The van der Waals surface area contributed by atoms with Crippen LogP contribution in [0, 0.1) is 5.92 Å². The van der Waals surface area contributed by atoms with Gasteiger partial charge in [0.2, 0.25) is 0 Å². The minimum atomic E-state index is 0.221. The van der Waals surface area contributed by atoms with Crippen molar-refractivity contribution in [3.8, 4) is 0 Å². The van der Waals surface area contributed by atoms with E-state index >= 15 is 0 Å². The Morgan fingerprint density at radius 3 is 2.47 bits per heavy atom. The summed E-state index contributed by atoms with van der Waals surface area (Å²) < 4.78 is 0. The quantitative estimate of drug-likeness (QED) is 0.508. The van der Waals surface area contributed by atoms with E-state index in [2.05, 4.69) is 32.9 Å². The summed E-state index contributed by atoms with van der Waals surface area (Å²) in [6, 6.07) is 4.80. The predicted molar refractivity (Wildman–Crippen MR) is 75.9 cm³/mol. The Kier molecular flexibility index (Phi) is 4.14. The second-order valence-electron chi connectivity index (χ2n) is 5.37. The van der Waals surface area contributed by atoms with Gasteiger partial charge >= 0.3 is 0 Å². The molecule has 0 spiro atoms. The van der Waals surface area contributed by atoms with Crippen LogP contribution in [0.2, 0.25) is 0 Å². The lowest BCUT2D eigenvalue weighted by atomic mass is 9.93. The van der Waals surface area contributed by atoms with E-state index in [9.17, 15) is 0 Å². The Morgan fingerprint density at radius 2 is 1.82 bits per heavy atom. The lowest BCUT2D eigenvalue weighted by Gasteiger charge is -2.16. The SMILES string of the molecule is CCc1cc2c(cc1CC)C(Cl)CC(C)CC2. The van der Waals surface area contributed by atoms with Crippen molar-refractivity contribution in [1.29, 1.82) is 0 Å². The predicted octanol–water partition coefficient (Wildman–Crippen LogP) is 5.06. The van der Waals surface area contributed by atoms with E-state index in [1.807, 2.05) is 0 Å². The average Bonchev–Trinajstić information content (AvgIpc) is 2.47. The molecule has 1 aromatic rings. The first kappa shape index (κ1) is 13.0. The molecule has 0 heterocycles. The maximum absolute atomic E-state index is 6.57. The number of alkyl halides is 1. The van der Waals surface area contributed by atoms with Crippen LogP contribution in [0.15, 0.2) is 12.1 Å². The number of aryl methyl sites for hydroxylation is 3. The molecule has 0 nitrogen and oxygen atoms in total. The summed E-state index contributed by atoms with van der Waals surface area (Å²) in [6.45, 7) is 6.81. The number of hydrogen-bond acceptors (Lipinski definition) is 0. The van der Waals surface area contributed by atoms with Crippen molar-refractivity contribution in [2.45, 2.75) is 58.3 Å². The van der Waals surface area contributed by atoms with E-state index in [1.54, 1.807) is 0 Å². The summed E-state index contributed by atoms with van der Waals surface area (Å²) in [5.41, 5.74) is 5.92. The third-order valence-corrected chi connectivity index (χ3v) is 4.49. The summed E-state index contributed by atoms with van der Waals surface area (Å²) in [4.78, 5) is 0. The van der Waals surface area contributed by atoms with Gasteiger partial charge in [0.05, 0.1) is 5.38 Å². The fourth-order valence-electron chi connectivity index (χ4n) is 2.93. The molecule has 2 rings (SSSR count). The highest BCUT2D eigenvalue weighted by atomic mass is 35.5. The molecule has 0 aromatic heterocycles. The minimum Gasteiger partial charge on any atom is -0.118 e. The smallest absolute Gasteiger partial charge is 0.0590 e. The largest absolute Gasteiger partial charge is 0.118 e. The van der Waals surface area contributed by atoms with E-state index in [-0.39, 0.29) is 5.38 Å². The normalized spacial score (nSPS) is 24.2. The van der Waals surface area contributed by atoms with Crippen molar-refractivity contribution < 1.29 is 0 Å². The van der Waals surface area contributed by atoms with Gasteiger partial charge in [0, 0.05) is 0 Å². The summed E-state index contributed by atoms with van der Waals surface area (Å²) in [6.07, 6.45) is 5.87. The average molecular weight is 251 g/mol. The van der Waals surface area contributed by atoms with Crippen LogP contribution in [0.4, 0.5) is 0 Å². The van der Waals surface area contributed by atoms with Gasteiger partial charge in [-0.15, -0.1) is 11.6 Å². The van der Waals surface area contributed by atoms with Gasteiger partial charge in [0.25, 0.3) is 0 Å². The molecule has 2 atom stereocenters. The Morgan fingerprint density at radius 1 is 1.18 bits per heavy atom. The van der Waals surface area contributed by atoms with E-state index in [0.29, 0.717) is 0 Å². The zero-order valence-electron chi connectivity index (χ0n) is 11.2. The van der Waals surface area contributed by atoms with Gasteiger partial charge in [-0.1, -0.05) is 32.9 Å². The number of fused-ring (bicyclic) bond motifs is 1. The molecular formula is C16H23Cl. The summed E-state index contributed by atoms with van der Waals surface area (Å²) in [5.74, 6) is 0.750. The van der Waals surface area contributed by atoms with Crippen LogP contribution in [0.25, 0.3) is 0 Å². The van der Waals surface area contributed by atoms with Crippen LogP contribution in [0.3, 0.4) is 0 Å². The molecule has 0 saturated heterocycles. The molecule has 0 bridgehead atoms. The molecule has 94 valence electrons. The van der Waals surface area contributed by atoms with Crippen molar-refractivity contribution >= 4 is 11.6 Å². The Bertz CT molecular complexity index is 395. The molecule has 1 aliphatic rings. The van der Waals surface area contributed by atoms with Crippen molar-refractivity contribution in [2.24, 2.45) is 5.92 Å². The first-order valence-corrected chi connectivity index (χ1v) is 7.37. The fraction of sp³-hybridized carbons (Fsp3) is 0.625. The third-order valence-electron chi connectivity index (χ3n) is 4.08. The second-order valence-corrected chi connectivity index (χ2v) is 5.90. The molecule has 0 amide bonds. The molecule has 0 saturated carbocycles. The van der Waals surface area contributed by atoms with Crippen molar-refractivity contribution in [3.63, 3.8) is 0 Å². The van der Waals surface area contributed by atoms with Crippen LogP contribution >= 0.6 is 11.6 Å². The van der Waals surface area contributed by atoms with E-state index in [0.717, 1.165) is 25.2 Å². The standard InChI is InChI=1S/C16H23Cl/c1-4-12-9-14-7-6-11(3)8-16(17)15(14)10-13(12)5-2/h9-11,16H,4-8H2,1-3H3. The minimum absolute atomic E-state index is 0.221. The zero-order valence-corrected chi connectivity index (χ0v) is 12.0. The van der Waals surface area contributed by atoms with Gasteiger partial charge < -0.3 is 0 Å². The monoisotopic (exact) mass is 250 g/mol. The molecule has 0 N–H and O–H groups in total. The van der Waals surface area contributed by atoms with Gasteiger partial charge in [0.15, 0.2) is 0 Å². The molecule has 1 aliphatic carbocycles. The van der Waals surface area contributed by atoms with Gasteiger partial charge in [-0.25, -0.2) is 0 Å². The summed E-state index contributed by atoms with van der Waals surface area (Å²) in [7, 11) is 0. The fourth-order valence-corrected chi connectivity index (χ4v) is 3.43. The Labute approximate surface area is 110 Å². The molecular weight excluding hydrogens is 228 g/mol. The lowest BCUT2D eigenvalue weighted by Crippen LogP contribution is -2.00. The molecule has 1 aromatic carbocycles. The van der Waals surface area contributed by atoms with Gasteiger partial charge in [-0.3, -0.25) is 0 Å². The number of hydrogen-bond donors (Lipinski definition) is 0. The number of halogens is 1. The zero-order chi connectivity index (χ0) is 12.4. The maximum Gasteiger partial charge on any atom is 0.0590 e. The van der Waals surface area contributed by atoms with Gasteiger partial charge in [-0.2, -0.15) is 0 Å². The Hall–Kier alpha value is -0.490. The maximum atomic E-state index is 6.57. The van der Waals surface area contributed by atoms with Crippen LogP contribution < -0.4 is 0 Å². The Balaban J connectivity index is 2.45. The van der Waals surface area contributed by atoms with Crippen LogP contribution in [0.1, 0.15) is 61.2 Å². The van der Waals surface area contributed by atoms with Crippen LogP contribution in [0.5, 0.6) is 0 Å². The third kappa shape index (κ3) is 2.68. The van der Waals surface area contributed by atoms with Crippen LogP contribution in [-0.2, 0) is 19.3 Å². The summed E-state index contributed by atoms with van der Waals surface area (Å²) in [5, 5.41) is 0.221. The summed E-state index contributed by atoms with van der Waals surface area (Å²) >= 11 is 6.57. The van der Waals surface area contributed by atoms with Gasteiger partial charge in [0.1, 0.15) is 0 Å². The van der Waals surface area contributed by atoms with Crippen LogP contribution in [-0.4, -0.2) is 0 Å². The molecule has 1 heteroatoms. The molecule has 0 radical (unpaired) electrons. The molecule has 0 aliphatic heterocycles. The molecule has 2 unspecified atom stereocenters. The number of benzene rings is 1. The van der Waals surface area contributed by atoms with E-state index in [4.69, 9.17) is 11.6 Å². The first-order chi connectivity index (χ1) is 8.15. The van der Waals surface area contributed by atoms with Gasteiger partial charge in [-0.05, 0) is 60.3 Å².